The van der Waals surface area contributed by atoms with Crippen molar-refractivity contribution in [2.45, 2.75) is 26.4 Å². The summed E-state index contributed by atoms with van der Waals surface area (Å²) in [7, 11) is -1.76. The van der Waals surface area contributed by atoms with E-state index in [1.807, 2.05) is 25.1 Å². The van der Waals surface area contributed by atoms with Crippen LogP contribution in [0.5, 0.6) is 11.5 Å². The summed E-state index contributed by atoms with van der Waals surface area (Å²) in [4.78, 5) is 16.6. The first-order chi connectivity index (χ1) is 16.7. The van der Waals surface area contributed by atoms with E-state index >= 15 is 0 Å². The van der Waals surface area contributed by atoms with Crippen LogP contribution < -0.4 is 25.2 Å². The second-order valence-corrected chi connectivity index (χ2v) is 9.71. The quantitative estimate of drug-likeness (QED) is 0.276. The molecule has 35 heavy (non-hydrogen) atoms. The van der Waals surface area contributed by atoms with Gasteiger partial charge in [-0.2, -0.15) is 0 Å². The van der Waals surface area contributed by atoms with Crippen LogP contribution in [0.15, 0.2) is 36.5 Å². The smallest absolute Gasteiger partial charge is 0.252 e. The Hall–Kier alpha value is -3.41. The Labute approximate surface area is 204 Å². The summed E-state index contributed by atoms with van der Waals surface area (Å²) in [6.07, 6.45) is 3.63. The summed E-state index contributed by atoms with van der Waals surface area (Å²) in [5.74, 6) is 0.206. The van der Waals surface area contributed by atoms with E-state index in [0.717, 1.165) is 23.1 Å². The average molecular weight is 503 g/mol. The van der Waals surface area contributed by atoms with Crippen molar-refractivity contribution in [2.24, 2.45) is 5.73 Å². The maximum Gasteiger partial charge on any atom is 0.252 e. The highest BCUT2D eigenvalue weighted by Gasteiger charge is 2.18. The zero-order valence-electron chi connectivity index (χ0n) is 19.9. The number of nitrogens with one attached hydrogen (secondary N) is 2. The molecule has 3 rings (SSSR count). The number of primary amides is 1. The first kappa shape index (κ1) is 26.2. The van der Waals surface area contributed by atoms with Crippen LogP contribution in [0.4, 0.5) is 11.4 Å². The van der Waals surface area contributed by atoms with Crippen LogP contribution in [0.25, 0.3) is 10.9 Å². The molecular weight excluding hydrogens is 472 g/mol. The zero-order chi connectivity index (χ0) is 25.6. The van der Waals surface area contributed by atoms with Gasteiger partial charge in [0, 0.05) is 29.9 Å². The van der Waals surface area contributed by atoms with E-state index in [2.05, 4.69) is 15.0 Å². The number of ether oxygens (including phenoxy) is 2. The topological polar surface area (TPSA) is 153 Å². The van der Waals surface area contributed by atoms with Gasteiger partial charge in [-0.15, -0.1) is 0 Å². The van der Waals surface area contributed by atoms with Crippen molar-refractivity contribution in [1.82, 2.24) is 9.71 Å². The molecule has 188 valence electrons. The number of nitrogens with zero attached hydrogens (tertiary/aromatic N) is 1. The normalized spacial score (nSPS) is 11.4. The lowest BCUT2D eigenvalue weighted by atomic mass is 10.0. The molecule has 0 aliphatic rings. The van der Waals surface area contributed by atoms with E-state index in [1.165, 1.54) is 13.3 Å². The Balaban J connectivity index is 2.00. The number of hydrogen-bond donors (Lipinski definition) is 4. The fourth-order valence-corrected chi connectivity index (χ4v) is 4.27. The fourth-order valence-electron chi connectivity index (χ4n) is 3.76. The molecule has 0 radical (unpaired) electrons. The van der Waals surface area contributed by atoms with E-state index in [4.69, 9.17) is 15.2 Å². The third kappa shape index (κ3) is 6.38. The van der Waals surface area contributed by atoms with Crippen molar-refractivity contribution in [2.75, 3.05) is 31.8 Å². The predicted molar refractivity (Wildman–Crippen MR) is 135 cm³/mol. The van der Waals surface area contributed by atoms with Crippen molar-refractivity contribution in [1.29, 1.82) is 0 Å². The Bertz CT molecular complexity index is 1330. The van der Waals surface area contributed by atoms with Crippen LogP contribution in [-0.4, -0.2) is 50.9 Å². The first-order valence-corrected chi connectivity index (χ1v) is 12.9. The number of carbonyl (C=O) groups is 1. The number of methoxy groups -OCH3 is 1. The molecule has 1 aromatic heterocycles. The highest BCUT2D eigenvalue weighted by molar-refractivity contribution is 7.88. The molecule has 10 nitrogen and oxygen atoms in total. The number of rotatable bonds is 12. The molecule has 0 atom stereocenters. The molecule has 5 N–H and O–H groups in total. The van der Waals surface area contributed by atoms with Gasteiger partial charge in [-0.05, 0) is 36.1 Å². The summed E-state index contributed by atoms with van der Waals surface area (Å²) < 4.78 is 36.1. The molecule has 1 amide bonds. The molecule has 0 fully saturated rings. The van der Waals surface area contributed by atoms with Crippen LogP contribution in [0.2, 0.25) is 0 Å². The zero-order valence-corrected chi connectivity index (χ0v) is 20.7. The second kappa shape index (κ2) is 11.3. The van der Waals surface area contributed by atoms with E-state index in [-0.39, 0.29) is 25.3 Å². The summed E-state index contributed by atoms with van der Waals surface area (Å²) in [6.45, 7) is 2.38. The average Bonchev–Trinajstić information content (AvgIpc) is 2.82. The number of benzene rings is 2. The maximum atomic E-state index is 12.2. The van der Waals surface area contributed by atoms with E-state index in [0.29, 0.717) is 40.9 Å². The summed E-state index contributed by atoms with van der Waals surface area (Å²) in [5, 5.41) is 13.6. The van der Waals surface area contributed by atoms with Crippen molar-refractivity contribution in [3.05, 3.63) is 53.2 Å². The Morgan fingerprint density at radius 1 is 1.23 bits per heavy atom. The lowest BCUT2D eigenvalue weighted by Crippen LogP contribution is -2.24. The first-order valence-electron chi connectivity index (χ1n) is 11.0. The predicted octanol–water partition coefficient (Wildman–Crippen LogP) is 2.46. The third-order valence-electron chi connectivity index (χ3n) is 5.42. The molecule has 1 heterocycles. The maximum absolute atomic E-state index is 12.2. The monoisotopic (exact) mass is 502 g/mol. The number of aromatic nitrogens is 1. The molecule has 0 aliphatic carbocycles. The number of nitrogens with two attached hydrogens (primary N) is 1. The number of pyridine rings is 1. The lowest BCUT2D eigenvalue weighted by Gasteiger charge is -2.19. The van der Waals surface area contributed by atoms with Crippen molar-refractivity contribution >= 4 is 38.2 Å². The molecular formula is C24H30N4O6S. The molecule has 11 heteroatoms. The molecule has 2 aromatic carbocycles. The molecule has 0 unspecified atom stereocenters. The summed E-state index contributed by atoms with van der Waals surface area (Å²) >= 11 is 0. The molecule has 0 spiro atoms. The van der Waals surface area contributed by atoms with Gasteiger partial charge in [0.2, 0.25) is 10.0 Å². The van der Waals surface area contributed by atoms with Crippen LogP contribution >= 0.6 is 0 Å². The molecule has 0 aliphatic heterocycles. The van der Waals surface area contributed by atoms with Crippen molar-refractivity contribution in [3.8, 4) is 11.5 Å². The number of amides is 1. The number of carbonyl (C=O) groups excluding carboxylic acids is 1. The van der Waals surface area contributed by atoms with Gasteiger partial charge in [-0.1, -0.05) is 19.1 Å². The Kier molecular flexibility index (Phi) is 8.49. The van der Waals surface area contributed by atoms with E-state index in [1.54, 1.807) is 12.1 Å². The summed E-state index contributed by atoms with van der Waals surface area (Å²) in [5.41, 5.74) is 9.31. The van der Waals surface area contributed by atoms with Gasteiger partial charge in [0.1, 0.15) is 0 Å². The highest BCUT2D eigenvalue weighted by Crippen LogP contribution is 2.38. The third-order valence-corrected chi connectivity index (χ3v) is 6.15. The van der Waals surface area contributed by atoms with E-state index < -0.39 is 15.9 Å². The number of aliphatic hydroxyl groups is 1. The van der Waals surface area contributed by atoms with Gasteiger partial charge in [0.05, 0.1) is 43.3 Å². The van der Waals surface area contributed by atoms with Crippen molar-refractivity contribution < 1.29 is 27.8 Å². The number of hydrogen-bond acceptors (Lipinski definition) is 8. The van der Waals surface area contributed by atoms with Crippen molar-refractivity contribution in [3.63, 3.8) is 0 Å². The number of anilines is 2. The SMILES string of the molecule is CCc1c(CO)cccc1Nc1c(C(N)=O)cnc2cc(OCCCNS(C)(=O)=O)c(OC)cc12. The fraction of sp³-hybridized carbons (Fsp3) is 0.333. The van der Waals surface area contributed by atoms with Crippen LogP contribution in [0, 0.1) is 0 Å². The van der Waals surface area contributed by atoms with Crippen LogP contribution in [0.1, 0.15) is 34.8 Å². The summed E-state index contributed by atoms with van der Waals surface area (Å²) in [6, 6.07) is 8.95. The minimum absolute atomic E-state index is 0.104. The van der Waals surface area contributed by atoms with Gasteiger partial charge in [-0.25, -0.2) is 13.1 Å². The van der Waals surface area contributed by atoms with Crippen LogP contribution in [-0.2, 0) is 23.1 Å². The standard InChI is InChI=1S/C24H30N4O6S/c1-4-16-15(14-29)7-5-8-19(16)28-23-17-11-21(33-2)22(34-10-6-9-27-35(3,31)32)12-20(17)26-13-18(23)24(25)30/h5,7-8,11-13,27,29H,4,6,9-10,14H2,1-3H3,(H2,25,30)(H,26,28). The highest BCUT2D eigenvalue weighted by atomic mass is 32.2. The number of sulfonamides is 1. The van der Waals surface area contributed by atoms with Gasteiger partial charge in [0.25, 0.3) is 5.91 Å². The minimum Gasteiger partial charge on any atom is -0.493 e. The number of fused-ring (bicyclic) bond motifs is 1. The lowest BCUT2D eigenvalue weighted by molar-refractivity contribution is 0.100. The second-order valence-electron chi connectivity index (χ2n) is 7.88. The molecule has 0 saturated heterocycles. The van der Waals surface area contributed by atoms with Gasteiger partial charge < -0.3 is 25.6 Å². The molecule has 0 bridgehead atoms. The van der Waals surface area contributed by atoms with Crippen LogP contribution in [0.3, 0.4) is 0 Å². The molecule has 0 saturated carbocycles. The van der Waals surface area contributed by atoms with Gasteiger partial charge in [-0.3, -0.25) is 9.78 Å². The van der Waals surface area contributed by atoms with Gasteiger partial charge in [0.15, 0.2) is 11.5 Å². The largest absolute Gasteiger partial charge is 0.493 e. The number of aliphatic hydroxyl groups excluding tert-OH is 1. The molecule has 3 aromatic rings. The van der Waals surface area contributed by atoms with Gasteiger partial charge >= 0.3 is 0 Å². The Morgan fingerprint density at radius 2 is 2.00 bits per heavy atom. The minimum atomic E-state index is -3.26. The van der Waals surface area contributed by atoms with E-state index in [9.17, 15) is 18.3 Å². The Morgan fingerprint density at radius 3 is 2.63 bits per heavy atom.